The Bertz CT molecular complexity index is 1160. The number of benzene rings is 2. The van der Waals surface area contributed by atoms with Gasteiger partial charge >= 0.3 is 0 Å². The fraction of sp³-hybridized carbons (Fsp3) is 0.0870. The summed E-state index contributed by atoms with van der Waals surface area (Å²) in [7, 11) is 0. The third-order valence-electron chi connectivity index (χ3n) is 4.88. The van der Waals surface area contributed by atoms with Gasteiger partial charge in [-0.1, -0.05) is 41.9 Å². The number of phenols is 1. The van der Waals surface area contributed by atoms with Gasteiger partial charge in [0.2, 0.25) is 0 Å². The first-order chi connectivity index (χ1) is 14.5. The van der Waals surface area contributed by atoms with E-state index < -0.39 is 17.7 Å². The average molecular weight is 421 g/mol. The highest BCUT2D eigenvalue weighted by Crippen LogP contribution is 2.41. The van der Waals surface area contributed by atoms with Gasteiger partial charge in [0.1, 0.15) is 11.5 Å². The third-order valence-corrected chi connectivity index (χ3v) is 5.12. The number of aliphatic hydroxyl groups excluding tert-OH is 1. The standard InChI is InChI=1S/C23H17ClN2O4/c24-16-7-3-6-15(11-16)21(28)19-20(14-5-4-9-18(27)12-14)26(23(30)22(19)29)13-17-8-1-2-10-25-17/h1-12,20,27-28H,13H2/b21-19-. The highest BCUT2D eigenvalue weighted by atomic mass is 35.5. The molecule has 1 aliphatic heterocycles. The van der Waals surface area contributed by atoms with Crippen LogP contribution in [0, 0.1) is 0 Å². The van der Waals surface area contributed by atoms with Gasteiger partial charge in [-0.15, -0.1) is 0 Å². The molecule has 150 valence electrons. The molecule has 2 N–H and O–H groups in total. The summed E-state index contributed by atoms with van der Waals surface area (Å²) in [5, 5.41) is 21.3. The molecule has 3 aromatic rings. The van der Waals surface area contributed by atoms with Crippen molar-refractivity contribution in [3.05, 3.63) is 100 Å². The summed E-state index contributed by atoms with van der Waals surface area (Å²) in [5.74, 6) is -1.90. The van der Waals surface area contributed by atoms with Gasteiger partial charge in [-0.25, -0.2) is 0 Å². The van der Waals surface area contributed by atoms with Crippen LogP contribution in [0.2, 0.25) is 5.02 Å². The van der Waals surface area contributed by atoms with Crippen LogP contribution in [-0.4, -0.2) is 31.8 Å². The maximum absolute atomic E-state index is 12.9. The van der Waals surface area contributed by atoms with E-state index >= 15 is 0 Å². The van der Waals surface area contributed by atoms with Crippen LogP contribution in [0.25, 0.3) is 5.76 Å². The van der Waals surface area contributed by atoms with Crippen molar-refractivity contribution in [1.29, 1.82) is 0 Å². The molecular formula is C23H17ClN2O4. The predicted molar refractivity (Wildman–Crippen MR) is 112 cm³/mol. The predicted octanol–water partition coefficient (Wildman–Crippen LogP) is 4.06. The van der Waals surface area contributed by atoms with Crippen LogP contribution in [0.1, 0.15) is 22.9 Å². The van der Waals surface area contributed by atoms with Crippen LogP contribution in [0.5, 0.6) is 5.75 Å². The molecular weight excluding hydrogens is 404 g/mol. The second kappa shape index (κ2) is 8.00. The molecule has 1 unspecified atom stereocenters. The lowest BCUT2D eigenvalue weighted by Crippen LogP contribution is -2.29. The van der Waals surface area contributed by atoms with E-state index in [2.05, 4.69) is 4.98 Å². The number of nitrogens with zero attached hydrogens (tertiary/aromatic N) is 2. The molecule has 6 nitrogen and oxygen atoms in total. The molecule has 0 spiro atoms. The highest BCUT2D eigenvalue weighted by Gasteiger charge is 2.46. The van der Waals surface area contributed by atoms with E-state index in [4.69, 9.17) is 11.6 Å². The number of halogens is 1. The van der Waals surface area contributed by atoms with Crippen molar-refractivity contribution in [1.82, 2.24) is 9.88 Å². The van der Waals surface area contributed by atoms with Crippen molar-refractivity contribution < 1.29 is 19.8 Å². The fourth-order valence-corrected chi connectivity index (χ4v) is 3.73. The molecule has 7 heteroatoms. The largest absolute Gasteiger partial charge is 0.508 e. The van der Waals surface area contributed by atoms with E-state index in [9.17, 15) is 19.8 Å². The summed E-state index contributed by atoms with van der Waals surface area (Å²) in [6.07, 6.45) is 1.60. The van der Waals surface area contributed by atoms with Crippen molar-refractivity contribution in [3.63, 3.8) is 0 Å². The van der Waals surface area contributed by atoms with Crippen LogP contribution >= 0.6 is 11.6 Å². The number of phenolic OH excluding ortho intramolecular Hbond substituents is 1. The topological polar surface area (TPSA) is 90.7 Å². The fourth-order valence-electron chi connectivity index (χ4n) is 3.54. The molecule has 0 saturated carbocycles. The molecule has 1 aliphatic rings. The number of aliphatic hydroxyl groups is 1. The molecule has 2 aromatic carbocycles. The summed E-state index contributed by atoms with van der Waals surface area (Å²) in [4.78, 5) is 31.4. The Kier molecular flexibility index (Phi) is 5.25. The molecule has 0 radical (unpaired) electrons. The number of aromatic nitrogens is 1. The Morgan fingerprint density at radius 2 is 1.83 bits per heavy atom. The first kappa shape index (κ1) is 19.7. The molecule has 1 aromatic heterocycles. The molecule has 1 amide bonds. The Labute approximate surface area is 177 Å². The van der Waals surface area contributed by atoms with Crippen LogP contribution in [0.4, 0.5) is 0 Å². The van der Waals surface area contributed by atoms with Crippen molar-refractivity contribution >= 4 is 29.1 Å². The number of ketones is 1. The van der Waals surface area contributed by atoms with Crippen molar-refractivity contribution in [2.45, 2.75) is 12.6 Å². The van der Waals surface area contributed by atoms with E-state index in [1.807, 2.05) is 0 Å². The maximum Gasteiger partial charge on any atom is 0.296 e. The second-order valence-corrected chi connectivity index (χ2v) is 7.29. The third kappa shape index (κ3) is 3.65. The SMILES string of the molecule is O=C1C(=O)N(Cc2ccccn2)C(c2cccc(O)c2)/C1=C(/O)c1cccc(Cl)c1. The number of aromatic hydroxyl groups is 1. The molecule has 0 bridgehead atoms. The van der Waals surface area contributed by atoms with E-state index in [0.717, 1.165) is 0 Å². The molecule has 0 aliphatic carbocycles. The van der Waals surface area contributed by atoms with E-state index in [1.165, 1.54) is 23.1 Å². The lowest BCUT2D eigenvalue weighted by atomic mass is 9.95. The number of rotatable bonds is 4. The lowest BCUT2D eigenvalue weighted by molar-refractivity contribution is -0.140. The molecule has 30 heavy (non-hydrogen) atoms. The maximum atomic E-state index is 12.9. The van der Waals surface area contributed by atoms with Gasteiger partial charge in [-0.2, -0.15) is 0 Å². The Balaban J connectivity index is 1.88. The van der Waals surface area contributed by atoms with Gasteiger partial charge in [-0.3, -0.25) is 14.6 Å². The first-order valence-electron chi connectivity index (χ1n) is 9.19. The Hall–Kier alpha value is -3.64. The second-order valence-electron chi connectivity index (χ2n) is 6.85. The van der Waals surface area contributed by atoms with Gasteiger partial charge in [-0.05, 0) is 42.0 Å². The van der Waals surface area contributed by atoms with E-state index in [1.54, 1.807) is 54.7 Å². The zero-order chi connectivity index (χ0) is 21.3. The number of carbonyl (C=O) groups is 2. The van der Waals surface area contributed by atoms with Crippen LogP contribution < -0.4 is 0 Å². The van der Waals surface area contributed by atoms with Gasteiger partial charge < -0.3 is 15.1 Å². The Morgan fingerprint density at radius 1 is 1.03 bits per heavy atom. The zero-order valence-corrected chi connectivity index (χ0v) is 16.5. The minimum atomic E-state index is -0.891. The molecule has 1 atom stereocenters. The van der Waals surface area contributed by atoms with Crippen LogP contribution in [-0.2, 0) is 16.1 Å². The number of carbonyl (C=O) groups excluding carboxylic acids is 2. The number of Topliss-reactive ketones (excluding diaryl/α,β-unsaturated/α-hetero) is 1. The molecule has 4 rings (SSSR count). The van der Waals surface area contributed by atoms with Crippen molar-refractivity contribution in [2.75, 3.05) is 0 Å². The zero-order valence-electron chi connectivity index (χ0n) is 15.7. The number of pyridine rings is 1. The Morgan fingerprint density at radius 3 is 2.53 bits per heavy atom. The lowest BCUT2D eigenvalue weighted by Gasteiger charge is -2.25. The summed E-state index contributed by atoms with van der Waals surface area (Å²) < 4.78 is 0. The van der Waals surface area contributed by atoms with Crippen LogP contribution in [0.15, 0.2) is 78.5 Å². The summed E-state index contributed by atoms with van der Waals surface area (Å²) in [5.41, 5.74) is 1.34. The normalized spacial score (nSPS) is 18.0. The molecule has 2 heterocycles. The van der Waals surface area contributed by atoms with E-state index in [0.29, 0.717) is 21.8 Å². The smallest absolute Gasteiger partial charge is 0.296 e. The van der Waals surface area contributed by atoms with E-state index in [-0.39, 0.29) is 23.6 Å². The minimum absolute atomic E-state index is 0.0151. The van der Waals surface area contributed by atoms with Crippen molar-refractivity contribution in [3.8, 4) is 5.75 Å². The number of hydrogen-bond acceptors (Lipinski definition) is 5. The van der Waals surface area contributed by atoms with Gasteiger partial charge in [0.25, 0.3) is 11.7 Å². The first-order valence-corrected chi connectivity index (χ1v) is 9.56. The number of likely N-dealkylation sites (tertiary alicyclic amines) is 1. The monoisotopic (exact) mass is 420 g/mol. The van der Waals surface area contributed by atoms with Gasteiger partial charge in [0.05, 0.1) is 23.9 Å². The molecule has 1 saturated heterocycles. The van der Waals surface area contributed by atoms with Gasteiger partial charge in [0, 0.05) is 16.8 Å². The highest BCUT2D eigenvalue weighted by molar-refractivity contribution is 6.46. The average Bonchev–Trinajstić information content (AvgIpc) is 2.99. The van der Waals surface area contributed by atoms with Crippen molar-refractivity contribution in [2.24, 2.45) is 0 Å². The summed E-state index contributed by atoms with van der Waals surface area (Å²) in [6, 6.07) is 17.1. The summed E-state index contributed by atoms with van der Waals surface area (Å²) in [6.45, 7) is 0.0675. The number of amides is 1. The van der Waals surface area contributed by atoms with Crippen LogP contribution in [0.3, 0.4) is 0 Å². The summed E-state index contributed by atoms with van der Waals surface area (Å²) >= 11 is 6.03. The quantitative estimate of drug-likeness (QED) is 0.377. The number of hydrogen-bond donors (Lipinski definition) is 2. The van der Waals surface area contributed by atoms with Gasteiger partial charge in [0.15, 0.2) is 0 Å². The molecule has 1 fully saturated rings. The minimum Gasteiger partial charge on any atom is -0.508 e.